The first kappa shape index (κ1) is 18.6. The van der Waals surface area contributed by atoms with E-state index in [0.29, 0.717) is 13.0 Å². The Kier molecular flexibility index (Phi) is 5.80. The van der Waals surface area contributed by atoms with Crippen LogP contribution in [0.5, 0.6) is 0 Å². The van der Waals surface area contributed by atoms with E-state index in [1.54, 1.807) is 11.8 Å². The minimum Gasteiger partial charge on any atom is -0.467 e. The lowest BCUT2D eigenvalue weighted by Crippen LogP contribution is -2.43. The molecule has 0 spiro atoms. The zero-order valence-electron chi connectivity index (χ0n) is 14.9. The summed E-state index contributed by atoms with van der Waals surface area (Å²) in [5.41, 5.74) is 0.605. The van der Waals surface area contributed by atoms with Gasteiger partial charge < -0.3 is 9.47 Å². The van der Waals surface area contributed by atoms with Crippen molar-refractivity contribution < 1.29 is 19.1 Å². The lowest BCUT2D eigenvalue weighted by atomic mass is 10.2. The van der Waals surface area contributed by atoms with Crippen molar-refractivity contribution in [1.29, 1.82) is 0 Å². The molecule has 2 atom stereocenters. The molecule has 24 heavy (non-hydrogen) atoms. The van der Waals surface area contributed by atoms with Crippen LogP contribution < -0.4 is 0 Å². The van der Waals surface area contributed by atoms with Crippen molar-refractivity contribution in [3.05, 3.63) is 29.8 Å². The van der Waals surface area contributed by atoms with Crippen LogP contribution >= 0.6 is 11.8 Å². The van der Waals surface area contributed by atoms with Crippen molar-refractivity contribution in [2.24, 2.45) is 0 Å². The number of rotatable bonds is 3. The molecule has 0 aromatic heterocycles. The third-order valence-electron chi connectivity index (χ3n) is 3.69. The Hall–Kier alpha value is -1.69. The second kappa shape index (κ2) is 7.47. The predicted molar refractivity (Wildman–Crippen MR) is 94.2 cm³/mol. The van der Waals surface area contributed by atoms with Gasteiger partial charge in [-0.05, 0) is 46.2 Å². The van der Waals surface area contributed by atoms with Crippen LogP contribution in [0, 0.1) is 6.92 Å². The molecule has 0 bridgehead atoms. The van der Waals surface area contributed by atoms with E-state index >= 15 is 0 Å². The van der Waals surface area contributed by atoms with Crippen molar-refractivity contribution >= 4 is 23.8 Å². The normalized spacial score (nSPS) is 20.8. The molecule has 1 saturated heterocycles. The summed E-state index contributed by atoms with van der Waals surface area (Å²) in [6.45, 7) is 7.95. The Bertz CT molecular complexity index is 594. The molecule has 1 aromatic carbocycles. The SMILES string of the molecule is COC(=O)[C@@H]1C[C@@H](Sc2ccc(C)cc2)CN1C(=O)OC(C)(C)C. The largest absolute Gasteiger partial charge is 0.467 e. The van der Waals surface area contributed by atoms with E-state index in [0.717, 1.165) is 4.90 Å². The van der Waals surface area contributed by atoms with Gasteiger partial charge >= 0.3 is 12.1 Å². The highest BCUT2D eigenvalue weighted by atomic mass is 32.2. The molecule has 5 nitrogen and oxygen atoms in total. The number of likely N-dealkylation sites (tertiary alicyclic amines) is 1. The Labute approximate surface area is 147 Å². The first-order valence-electron chi connectivity index (χ1n) is 8.00. The topological polar surface area (TPSA) is 55.8 Å². The number of hydrogen-bond donors (Lipinski definition) is 0. The third-order valence-corrected chi connectivity index (χ3v) is 4.91. The molecule has 1 aliphatic rings. The molecule has 0 saturated carbocycles. The molecule has 1 fully saturated rings. The predicted octanol–water partition coefficient (Wildman–Crippen LogP) is 3.64. The number of amides is 1. The highest BCUT2D eigenvalue weighted by molar-refractivity contribution is 8.00. The van der Waals surface area contributed by atoms with E-state index in [9.17, 15) is 9.59 Å². The minimum atomic E-state index is -0.597. The molecule has 1 aliphatic heterocycles. The fraction of sp³-hybridized carbons (Fsp3) is 0.556. The molecule has 0 aliphatic carbocycles. The van der Waals surface area contributed by atoms with E-state index in [1.165, 1.54) is 17.6 Å². The molecule has 132 valence electrons. The molecule has 0 N–H and O–H groups in total. The minimum absolute atomic E-state index is 0.129. The maximum Gasteiger partial charge on any atom is 0.411 e. The molecule has 0 radical (unpaired) electrons. The van der Waals surface area contributed by atoms with E-state index < -0.39 is 23.7 Å². The van der Waals surface area contributed by atoms with E-state index in [-0.39, 0.29) is 5.25 Å². The molecule has 1 amide bonds. The molecular formula is C18H25NO4S. The summed E-state index contributed by atoms with van der Waals surface area (Å²) in [6.07, 6.45) is 0.0923. The lowest BCUT2D eigenvalue weighted by molar-refractivity contribution is -0.145. The van der Waals surface area contributed by atoms with Crippen LogP contribution in [0.1, 0.15) is 32.8 Å². The maximum atomic E-state index is 12.4. The van der Waals surface area contributed by atoms with Crippen LogP contribution in [0.4, 0.5) is 4.79 Å². The number of esters is 1. The molecule has 2 rings (SSSR count). The van der Waals surface area contributed by atoms with E-state index in [2.05, 4.69) is 24.3 Å². The highest BCUT2D eigenvalue weighted by Gasteiger charge is 2.42. The average molecular weight is 351 g/mol. The maximum absolute atomic E-state index is 12.4. The zero-order valence-corrected chi connectivity index (χ0v) is 15.7. The average Bonchev–Trinajstić information content (AvgIpc) is 2.91. The van der Waals surface area contributed by atoms with Crippen LogP contribution in [0.15, 0.2) is 29.2 Å². The highest BCUT2D eigenvalue weighted by Crippen LogP contribution is 2.34. The van der Waals surface area contributed by atoms with Gasteiger partial charge in [0.25, 0.3) is 0 Å². The summed E-state index contributed by atoms with van der Waals surface area (Å²) in [5.74, 6) is -0.395. The van der Waals surface area contributed by atoms with Crippen molar-refractivity contribution in [2.75, 3.05) is 13.7 Å². The zero-order chi connectivity index (χ0) is 17.9. The van der Waals surface area contributed by atoms with Crippen molar-refractivity contribution in [1.82, 2.24) is 4.90 Å². The third kappa shape index (κ3) is 4.90. The number of thioether (sulfide) groups is 1. The molecular weight excluding hydrogens is 326 g/mol. The van der Waals surface area contributed by atoms with Gasteiger partial charge in [-0.2, -0.15) is 0 Å². The Morgan fingerprint density at radius 3 is 2.38 bits per heavy atom. The van der Waals surface area contributed by atoms with Gasteiger partial charge in [-0.25, -0.2) is 9.59 Å². The molecule has 0 unspecified atom stereocenters. The van der Waals surface area contributed by atoms with Crippen LogP contribution in [0.2, 0.25) is 0 Å². The first-order chi connectivity index (χ1) is 11.2. The first-order valence-corrected chi connectivity index (χ1v) is 8.88. The summed E-state index contributed by atoms with van der Waals surface area (Å²) in [5, 5.41) is 0.129. The Morgan fingerprint density at radius 2 is 1.83 bits per heavy atom. The number of benzene rings is 1. The number of carbonyl (C=O) groups excluding carboxylic acids is 2. The smallest absolute Gasteiger partial charge is 0.411 e. The van der Waals surface area contributed by atoms with Crippen molar-refractivity contribution in [2.45, 2.75) is 55.9 Å². The summed E-state index contributed by atoms with van der Waals surface area (Å²) >= 11 is 1.67. The van der Waals surface area contributed by atoms with Gasteiger partial charge in [0.05, 0.1) is 7.11 Å². The van der Waals surface area contributed by atoms with Crippen LogP contribution in [-0.4, -0.2) is 47.5 Å². The molecule has 1 heterocycles. The van der Waals surface area contributed by atoms with Crippen LogP contribution in [-0.2, 0) is 14.3 Å². The van der Waals surface area contributed by atoms with Gasteiger partial charge in [-0.3, -0.25) is 4.90 Å². The van der Waals surface area contributed by atoms with Crippen LogP contribution in [0.25, 0.3) is 0 Å². The van der Waals surface area contributed by atoms with E-state index in [1.807, 2.05) is 27.7 Å². The van der Waals surface area contributed by atoms with Crippen LogP contribution in [0.3, 0.4) is 0 Å². The van der Waals surface area contributed by atoms with Crippen molar-refractivity contribution in [3.8, 4) is 0 Å². The number of hydrogen-bond acceptors (Lipinski definition) is 5. The Morgan fingerprint density at radius 1 is 1.21 bits per heavy atom. The number of methoxy groups -OCH3 is 1. The van der Waals surface area contributed by atoms with Gasteiger partial charge in [0.1, 0.15) is 11.6 Å². The summed E-state index contributed by atoms with van der Waals surface area (Å²) in [7, 11) is 1.34. The second-order valence-electron chi connectivity index (χ2n) is 6.96. The van der Waals surface area contributed by atoms with Gasteiger partial charge in [0.15, 0.2) is 0 Å². The molecule has 1 aromatic rings. The second-order valence-corrected chi connectivity index (χ2v) is 8.33. The number of nitrogens with zero attached hydrogens (tertiary/aromatic N) is 1. The standard InChI is InChI=1S/C18H25NO4S/c1-12-6-8-13(9-7-12)24-14-10-15(16(20)22-5)19(11-14)17(21)23-18(2,3)4/h6-9,14-15H,10-11H2,1-5H3/t14-,15+/m1/s1. The lowest BCUT2D eigenvalue weighted by Gasteiger charge is -2.27. The summed E-state index contributed by atoms with van der Waals surface area (Å²) < 4.78 is 10.3. The number of carbonyl (C=O) groups is 2. The summed E-state index contributed by atoms with van der Waals surface area (Å²) in [4.78, 5) is 27.1. The van der Waals surface area contributed by atoms with Gasteiger partial charge in [-0.15, -0.1) is 11.8 Å². The summed E-state index contributed by atoms with van der Waals surface area (Å²) in [6, 6.07) is 7.64. The van der Waals surface area contributed by atoms with Gasteiger partial charge in [-0.1, -0.05) is 17.7 Å². The van der Waals surface area contributed by atoms with E-state index in [4.69, 9.17) is 9.47 Å². The molecule has 6 heteroatoms. The number of aryl methyl sites for hydroxylation is 1. The van der Waals surface area contributed by atoms with Gasteiger partial charge in [0, 0.05) is 16.7 Å². The fourth-order valence-electron chi connectivity index (χ4n) is 2.57. The number of ether oxygens (including phenoxy) is 2. The Balaban J connectivity index is 2.09. The van der Waals surface area contributed by atoms with Gasteiger partial charge in [0.2, 0.25) is 0 Å². The van der Waals surface area contributed by atoms with Crippen molar-refractivity contribution in [3.63, 3.8) is 0 Å². The quantitative estimate of drug-likeness (QED) is 0.778. The fourth-order valence-corrected chi connectivity index (χ4v) is 3.77. The monoisotopic (exact) mass is 351 g/mol.